The normalized spacial score (nSPS) is 23.5. The Morgan fingerprint density at radius 2 is 1.85 bits per heavy atom. The number of aliphatic carboxylic acids is 1. The molecule has 0 bridgehead atoms. The van der Waals surface area contributed by atoms with E-state index in [1.165, 1.54) is 36.0 Å². The van der Waals surface area contributed by atoms with Crippen LogP contribution in [0.15, 0.2) is 54.6 Å². The SMILES string of the molecule is Cc1cccc([C@H]2CN([C@H](CC3CCC3)C(=O)O)C[C@@H]2CN2CCC(c3[nH]c(Cc4ccccc4)nc3Cl)CC2)c1. The van der Waals surface area contributed by atoms with E-state index in [0.29, 0.717) is 28.8 Å². The molecular formula is C34H43ClN4O2. The summed E-state index contributed by atoms with van der Waals surface area (Å²) in [5.41, 5.74) is 4.94. The minimum absolute atomic E-state index is 0.360. The van der Waals surface area contributed by atoms with Crippen molar-refractivity contribution in [2.75, 3.05) is 32.7 Å². The molecule has 3 aliphatic rings. The van der Waals surface area contributed by atoms with Gasteiger partial charge in [0, 0.05) is 37.9 Å². The molecule has 3 atom stereocenters. The number of nitrogens with zero attached hydrogens (tertiary/aromatic N) is 3. The zero-order valence-corrected chi connectivity index (χ0v) is 24.9. The van der Waals surface area contributed by atoms with Crippen molar-refractivity contribution < 1.29 is 9.90 Å². The van der Waals surface area contributed by atoms with Gasteiger partial charge in [-0.1, -0.05) is 91.0 Å². The number of H-pyrrole nitrogens is 1. The zero-order chi connectivity index (χ0) is 28.3. The highest BCUT2D eigenvalue weighted by molar-refractivity contribution is 6.30. The number of rotatable bonds is 10. The summed E-state index contributed by atoms with van der Waals surface area (Å²) in [6.45, 7) is 6.90. The lowest BCUT2D eigenvalue weighted by Gasteiger charge is -2.35. The van der Waals surface area contributed by atoms with Crippen LogP contribution < -0.4 is 0 Å². The minimum atomic E-state index is -0.649. The third-order valence-corrected chi connectivity index (χ3v) is 10.2. The van der Waals surface area contributed by atoms with Crippen LogP contribution >= 0.6 is 11.6 Å². The van der Waals surface area contributed by atoms with Gasteiger partial charge < -0.3 is 15.0 Å². The van der Waals surface area contributed by atoms with E-state index in [9.17, 15) is 9.90 Å². The second-order valence-corrected chi connectivity index (χ2v) is 13.1. The topological polar surface area (TPSA) is 72.5 Å². The van der Waals surface area contributed by atoms with Crippen LogP contribution in [0.4, 0.5) is 0 Å². The number of hydrogen-bond acceptors (Lipinski definition) is 4. The van der Waals surface area contributed by atoms with Crippen molar-refractivity contribution in [2.45, 2.75) is 69.7 Å². The molecule has 0 unspecified atom stereocenters. The second kappa shape index (κ2) is 12.7. The molecule has 41 heavy (non-hydrogen) atoms. The number of carboxylic acids is 1. The predicted molar refractivity (Wildman–Crippen MR) is 164 cm³/mol. The Bertz CT molecular complexity index is 1320. The summed E-state index contributed by atoms with van der Waals surface area (Å²) < 4.78 is 0. The molecule has 2 aliphatic heterocycles. The van der Waals surface area contributed by atoms with E-state index >= 15 is 0 Å². The Hall–Kier alpha value is -2.67. The zero-order valence-electron chi connectivity index (χ0n) is 24.1. The number of likely N-dealkylation sites (tertiary alicyclic amines) is 2. The van der Waals surface area contributed by atoms with E-state index in [4.69, 9.17) is 11.6 Å². The average molecular weight is 575 g/mol. The van der Waals surface area contributed by atoms with Crippen LogP contribution in [0.5, 0.6) is 0 Å². The first-order valence-corrected chi connectivity index (χ1v) is 15.8. The number of aryl methyl sites for hydroxylation is 1. The molecule has 1 aliphatic carbocycles. The van der Waals surface area contributed by atoms with Gasteiger partial charge in [-0.15, -0.1) is 0 Å². The van der Waals surface area contributed by atoms with Crippen molar-refractivity contribution in [1.29, 1.82) is 0 Å². The molecule has 7 heteroatoms. The van der Waals surface area contributed by atoms with Gasteiger partial charge in [-0.25, -0.2) is 4.98 Å². The molecule has 2 N–H and O–H groups in total. The van der Waals surface area contributed by atoms with Gasteiger partial charge in [0.15, 0.2) is 5.15 Å². The standard InChI is InChI=1S/C34H43ClN4O2/c1-23-7-5-12-27(17-23)29-22-39(30(34(40)41)18-24-10-6-11-24)21-28(29)20-38-15-13-26(14-16-38)32-33(35)37-31(36-32)19-25-8-3-2-4-9-25/h2-5,7-9,12,17,24,26,28-30H,6,10-11,13-16,18-22H2,1H3,(H,36,37)(H,40,41)/t28-,29+,30+/m0/s1. The van der Waals surface area contributed by atoms with Gasteiger partial charge >= 0.3 is 5.97 Å². The highest BCUT2D eigenvalue weighted by Gasteiger charge is 2.41. The summed E-state index contributed by atoms with van der Waals surface area (Å²) in [6.07, 6.45) is 7.28. The Labute approximate surface area is 249 Å². The van der Waals surface area contributed by atoms with Gasteiger partial charge in [0.05, 0.1) is 5.69 Å². The predicted octanol–water partition coefficient (Wildman–Crippen LogP) is 6.50. The number of aromatic nitrogens is 2. The number of imidazole rings is 1. The number of carbonyl (C=O) groups is 1. The molecular weight excluding hydrogens is 532 g/mol. The summed E-state index contributed by atoms with van der Waals surface area (Å²) in [6, 6.07) is 18.9. The maximum atomic E-state index is 12.4. The van der Waals surface area contributed by atoms with E-state index in [0.717, 1.165) is 69.9 Å². The van der Waals surface area contributed by atoms with E-state index in [2.05, 4.69) is 75.2 Å². The number of carboxylic acid groups (broad SMARTS) is 1. The van der Waals surface area contributed by atoms with Crippen molar-refractivity contribution in [3.63, 3.8) is 0 Å². The fourth-order valence-electron chi connectivity index (χ4n) is 7.37. The highest BCUT2D eigenvalue weighted by atomic mass is 35.5. The van der Waals surface area contributed by atoms with Crippen LogP contribution in [0.25, 0.3) is 0 Å². The summed E-state index contributed by atoms with van der Waals surface area (Å²) in [7, 11) is 0. The van der Waals surface area contributed by atoms with Gasteiger partial charge in [0.25, 0.3) is 0 Å². The van der Waals surface area contributed by atoms with Crippen LogP contribution in [0, 0.1) is 18.8 Å². The number of halogens is 1. The summed E-state index contributed by atoms with van der Waals surface area (Å²) in [4.78, 5) is 25.5. The van der Waals surface area contributed by atoms with E-state index in [1.54, 1.807) is 0 Å². The monoisotopic (exact) mass is 574 g/mol. The molecule has 1 aromatic heterocycles. The van der Waals surface area contributed by atoms with Crippen molar-refractivity contribution >= 4 is 17.6 Å². The molecule has 3 aromatic rings. The van der Waals surface area contributed by atoms with E-state index in [1.807, 2.05) is 6.07 Å². The summed E-state index contributed by atoms with van der Waals surface area (Å²) >= 11 is 6.63. The number of piperidine rings is 1. The van der Waals surface area contributed by atoms with Gasteiger partial charge in [-0.2, -0.15) is 0 Å². The molecule has 6 rings (SSSR count). The summed E-state index contributed by atoms with van der Waals surface area (Å²) in [5, 5.41) is 10.8. The molecule has 0 radical (unpaired) electrons. The Kier molecular flexibility index (Phi) is 8.80. The first-order chi connectivity index (χ1) is 19.9. The molecule has 218 valence electrons. The molecule has 0 amide bonds. The molecule has 2 aromatic carbocycles. The quantitative estimate of drug-likeness (QED) is 0.289. The number of hydrogen-bond donors (Lipinski definition) is 2. The first kappa shape index (κ1) is 28.4. The lowest BCUT2D eigenvalue weighted by molar-refractivity contribution is -0.144. The van der Waals surface area contributed by atoms with Gasteiger partial charge in [-0.05, 0) is 62.2 Å². The Balaban J connectivity index is 1.11. The maximum Gasteiger partial charge on any atom is 0.320 e. The van der Waals surface area contributed by atoms with Crippen molar-refractivity contribution in [1.82, 2.24) is 19.8 Å². The number of nitrogens with one attached hydrogen (secondary N) is 1. The van der Waals surface area contributed by atoms with E-state index < -0.39 is 5.97 Å². The van der Waals surface area contributed by atoms with Crippen LogP contribution in [-0.2, 0) is 11.2 Å². The summed E-state index contributed by atoms with van der Waals surface area (Å²) in [5.74, 6) is 2.03. The van der Waals surface area contributed by atoms with Crippen LogP contribution in [0.2, 0.25) is 5.15 Å². The van der Waals surface area contributed by atoms with Crippen molar-refractivity contribution in [3.05, 3.63) is 88.0 Å². The molecule has 1 saturated carbocycles. The van der Waals surface area contributed by atoms with Crippen molar-refractivity contribution in [2.24, 2.45) is 11.8 Å². The fourth-order valence-corrected chi connectivity index (χ4v) is 7.67. The van der Waals surface area contributed by atoms with Crippen molar-refractivity contribution in [3.8, 4) is 0 Å². The minimum Gasteiger partial charge on any atom is -0.480 e. The molecule has 3 fully saturated rings. The lowest BCUT2D eigenvalue weighted by Crippen LogP contribution is -2.43. The smallest absolute Gasteiger partial charge is 0.320 e. The second-order valence-electron chi connectivity index (χ2n) is 12.7. The van der Waals surface area contributed by atoms with Crippen LogP contribution in [0.3, 0.4) is 0 Å². The molecule has 0 spiro atoms. The van der Waals surface area contributed by atoms with Crippen LogP contribution in [-0.4, -0.2) is 69.6 Å². The number of aromatic amines is 1. The third-order valence-electron chi connectivity index (χ3n) is 9.88. The van der Waals surface area contributed by atoms with Gasteiger partial charge in [0.1, 0.15) is 11.9 Å². The Morgan fingerprint density at radius 3 is 2.54 bits per heavy atom. The first-order valence-electron chi connectivity index (χ1n) is 15.5. The molecule has 3 heterocycles. The highest BCUT2D eigenvalue weighted by Crippen LogP contribution is 2.39. The van der Waals surface area contributed by atoms with Gasteiger partial charge in [-0.3, -0.25) is 9.69 Å². The lowest BCUT2D eigenvalue weighted by atomic mass is 9.80. The largest absolute Gasteiger partial charge is 0.480 e. The molecule has 2 saturated heterocycles. The Morgan fingerprint density at radius 1 is 1.07 bits per heavy atom. The average Bonchev–Trinajstić information content (AvgIpc) is 3.51. The maximum absolute atomic E-state index is 12.4. The number of benzene rings is 2. The fraction of sp³-hybridized carbons (Fsp3) is 0.529. The van der Waals surface area contributed by atoms with Crippen LogP contribution in [0.1, 0.15) is 78.6 Å². The van der Waals surface area contributed by atoms with Gasteiger partial charge in [0.2, 0.25) is 0 Å². The third kappa shape index (κ3) is 6.71. The van der Waals surface area contributed by atoms with E-state index in [-0.39, 0.29) is 6.04 Å². The molecule has 6 nitrogen and oxygen atoms in total.